The van der Waals surface area contributed by atoms with Crippen LogP contribution in [0.3, 0.4) is 0 Å². The Kier molecular flexibility index (Phi) is 80.5. The Morgan fingerprint density at radius 2 is 1.29 bits per heavy atom. The molecule has 0 aromatic heterocycles. The minimum Gasteiger partial charge on any atom is -0.577 e. The second-order valence-corrected chi connectivity index (χ2v) is 1.97. The van der Waals surface area contributed by atoms with Crippen molar-refractivity contribution in [1.29, 1.82) is 0 Å². The van der Waals surface area contributed by atoms with Crippen LogP contribution in [0.4, 0.5) is 0 Å². The van der Waals surface area contributed by atoms with Crippen molar-refractivity contribution in [3.8, 4) is 0 Å². The maximum Gasteiger partial charge on any atom is 0 e. The molecule has 2 nitrogen and oxygen atoms in total. The molecule has 0 spiro atoms. The van der Waals surface area contributed by atoms with Crippen LogP contribution in [0.15, 0.2) is 17.2 Å². The molecule has 0 aromatic rings. The van der Waals surface area contributed by atoms with E-state index in [1.807, 2.05) is 26.8 Å². The molecule has 0 amide bonds. The van der Waals surface area contributed by atoms with Gasteiger partial charge < -0.3 is 24.3 Å². The van der Waals surface area contributed by atoms with Gasteiger partial charge in [0.2, 0.25) is 0 Å². The summed E-state index contributed by atoms with van der Waals surface area (Å²) >= 11 is 0. The van der Waals surface area contributed by atoms with Crippen molar-refractivity contribution in [2.45, 2.75) is 34.6 Å². The predicted octanol–water partition coefficient (Wildman–Crippen LogP) is 4.33. The number of nitroso groups, excluding NO2 is 1. The normalized spacial score (nSPS) is 5.07. The topological polar surface area (TPSA) is 39.4 Å². The number of hydrogen-bond donors (Lipinski definition) is 0. The molecule has 0 radical (unpaired) electrons. The second-order valence-electron chi connectivity index (χ2n) is 1.97. The Hall–Kier alpha value is -0.232. The fourth-order valence-corrected chi connectivity index (χ4v) is 0.455. The summed E-state index contributed by atoms with van der Waals surface area (Å²) in [5.74, 6) is 0. The molecule has 0 fully saturated rings. The first-order chi connectivity index (χ1) is 6.13. The van der Waals surface area contributed by atoms with Crippen LogP contribution in [-0.2, 0) is 21.1 Å². The summed E-state index contributed by atoms with van der Waals surface area (Å²) in [7, 11) is 0. The monoisotopic (exact) mass is 367 g/mol. The van der Waals surface area contributed by atoms with E-state index in [0.29, 0.717) is 0 Å². The molecule has 0 aliphatic heterocycles. The van der Waals surface area contributed by atoms with Crippen LogP contribution >= 0.6 is 0 Å². The quantitative estimate of drug-likeness (QED) is 0.502. The van der Waals surface area contributed by atoms with Gasteiger partial charge in [0.25, 0.3) is 0 Å². The molecular weight excluding hydrogens is 346 g/mol. The van der Waals surface area contributed by atoms with Crippen LogP contribution in [0, 0.1) is 25.3 Å². The molecule has 0 N–H and O–H groups in total. The molecule has 0 unspecified atom stereocenters. The standard InChI is InChI=1S/C7H11.2C2H5.NO.W/c1-6(2)5-7(3)4;3*1-2;/h1,5H,2-4H3;2*1H2,2H3;;/q4*-1;. The first-order valence-electron chi connectivity index (χ1n) is 3.96. The van der Waals surface area contributed by atoms with Crippen molar-refractivity contribution < 1.29 is 21.1 Å². The third kappa shape index (κ3) is 96.1. The maximum absolute atomic E-state index is 7.25. The number of hydrogen-bond acceptors (Lipinski definition) is 1. The smallest absolute Gasteiger partial charge is 0 e. The first-order valence-corrected chi connectivity index (χ1v) is 3.96. The third-order valence-corrected chi connectivity index (χ3v) is 0.516. The molecule has 0 atom stereocenters. The fourth-order valence-electron chi connectivity index (χ4n) is 0.455. The Balaban J connectivity index is -0.0000000332. The number of nitrogens with zero attached hydrogens (tertiary/aromatic N) is 1. The zero-order chi connectivity index (χ0) is 11.9. The maximum atomic E-state index is 7.25. The summed E-state index contributed by atoms with van der Waals surface area (Å²) in [4.78, 5) is 7.25. The number of rotatable bonds is 1. The molecule has 0 heterocycles. The molecule has 0 bridgehead atoms. The molecule has 0 saturated carbocycles. The van der Waals surface area contributed by atoms with Gasteiger partial charge >= 0.3 is 0 Å². The molecular formula is C11H21NOW-4. The molecule has 0 rings (SSSR count). The van der Waals surface area contributed by atoms with Crippen LogP contribution < -0.4 is 0 Å². The van der Waals surface area contributed by atoms with Gasteiger partial charge in [-0.25, -0.2) is 11.6 Å². The van der Waals surface area contributed by atoms with Crippen molar-refractivity contribution >= 4 is 0 Å². The van der Waals surface area contributed by atoms with Gasteiger partial charge in [0, 0.05) is 21.1 Å². The summed E-state index contributed by atoms with van der Waals surface area (Å²) in [6.45, 7) is 21.3. The minimum absolute atomic E-state index is 0. The Labute approximate surface area is 104 Å². The molecule has 86 valence electrons. The van der Waals surface area contributed by atoms with Crippen molar-refractivity contribution in [1.82, 2.24) is 0 Å². The zero-order valence-corrected chi connectivity index (χ0v) is 12.8. The largest absolute Gasteiger partial charge is 0.577 e. The predicted molar refractivity (Wildman–Crippen MR) is 61.7 cm³/mol. The summed E-state index contributed by atoms with van der Waals surface area (Å²) in [5, 5.41) is 0. The minimum atomic E-state index is 0. The van der Waals surface area contributed by atoms with E-state index in [9.17, 15) is 0 Å². The van der Waals surface area contributed by atoms with Gasteiger partial charge in [-0.1, -0.05) is 20.8 Å². The van der Waals surface area contributed by atoms with E-state index in [2.05, 4.69) is 13.8 Å². The zero-order valence-electron chi connectivity index (χ0n) is 9.83. The second kappa shape index (κ2) is 38.6. The molecule has 0 saturated heterocycles. The molecule has 0 aliphatic carbocycles. The van der Waals surface area contributed by atoms with Crippen molar-refractivity contribution in [3.63, 3.8) is 0 Å². The molecule has 0 aromatic carbocycles. The van der Waals surface area contributed by atoms with E-state index in [1.54, 1.807) is 13.8 Å². The Morgan fingerprint density at radius 1 is 1.07 bits per heavy atom. The van der Waals surface area contributed by atoms with Gasteiger partial charge in [-0.15, -0.1) is 0 Å². The van der Waals surface area contributed by atoms with E-state index >= 15 is 0 Å². The van der Waals surface area contributed by atoms with Gasteiger partial charge in [0.1, 0.15) is 0 Å². The van der Waals surface area contributed by atoms with Gasteiger partial charge in [0.15, 0.2) is 0 Å². The van der Waals surface area contributed by atoms with E-state index in [0.717, 1.165) is 5.57 Å². The Bertz CT molecular complexity index is 118. The summed E-state index contributed by atoms with van der Waals surface area (Å²) in [6, 6.07) is 0. The van der Waals surface area contributed by atoms with Gasteiger partial charge in [0.05, 0.1) is 0 Å². The molecule has 0 aliphatic rings. The van der Waals surface area contributed by atoms with E-state index in [1.165, 1.54) is 5.57 Å². The first kappa shape index (κ1) is 29.2. The van der Waals surface area contributed by atoms with E-state index in [-0.39, 0.29) is 21.1 Å². The van der Waals surface area contributed by atoms with Crippen LogP contribution in [-0.4, -0.2) is 0 Å². The van der Waals surface area contributed by atoms with Crippen molar-refractivity contribution in [2.24, 2.45) is 0 Å². The average molecular weight is 367 g/mol. The van der Waals surface area contributed by atoms with Gasteiger partial charge in [-0.05, 0) is 0 Å². The SMILES string of the molecule is [CH-]=C(C)C=C(C)C.[CH2-]C.[CH2-]C.[N-]=O.[W]. The van der Waals surface area contributed by atoms with Crippen molar-refractivity contribution in [3.05, 3.63) is 48.1 Å². The van der Waals surface area contributed by atoms with Crippen LogP contribution in [0.25, 0.3) is 5.59 Å². The Morgan fingerprint density at radius 3 is 1.29 bits per heavy atom. The van der Waals surface area contributed by atoms with E-state index < -0.39 is 0 Å². The van der Waals surface area contributed by atoms with Crippen molar-refractivity contribution in [2.75, 3.05) is 0 Å². The third-order valence-electron chi connectivity index (χ3n) is 0.516. The summed E-state index contributed by atoms with van der Waals surface area (Å²) in [5.41, 5.74) is 7.88. The van der Waals surface area contributed by atoms with E-state index in [4.69, 9.17) is 17.1 Å². The fraction of sp³-hybridized carbons (Fsp3) is 0.455. The van der Waals surface area contributed by atoms with Crippen LogP contribution in [0.1, 0.15) is 34.6 Å². The van der Waals surface area contributed by atoms with Gasteiger partial charge in [-0.2, -0.15) is 19.4 Å². The van der Waals surface area contributed by atoms with Gasteiger partial charge in [-0.3, -0.25) is 6.58 Å². The number of allylic oxidation sites excluding steroid dienone is 3. The molecule has 14 heavy (non-hydrogen) atoms. The summed E-state index contributed by atoms with van der Waals surface area (Å²) < 4.78 is 0. The molecule has 3 heteroatoms. The average Bonchev–Trinajstić information content (AvgIpc) is 2.12. The van der Waals surface area contributed by atoms with Crippen LogP contribution in [0.5, 0.6) is 0 Å². The van der Waals surface area contributed by atoms with Crippen LogP contribution in [0.2, 0.25) is 0 Å². The summed E-state index contributed by atoms with van der Waals surface area (Å²) in [6.07, 6.45) is 1.94.